The van der Waals surface area contributed by atoms with Crippen LogP contribution in [0.1, 0.15) is 41.2 Å². The van der Waals surface area contributed by atoms with E-state index in [1.165, 1.54) is 6.20 Å². The van der Waals surface area contributed by atoms with E-state index in [9.17, 15) is 14.4 Å². The lowest BCUT2D eigenvalue weighted by molar-refractivity contribution is -0.139. The first-order valence-corrected chi connectivity index (χ1v) is 9.61. The van der Waals surface area contributed by atoms with Crippen molar-refractivity contribution >= 4 is 11.8 Å². The van der Waals surface area contributed by atoms with Crippen molar-refractivity contribution < 1.29 is 9.59 Å². The second-order valence-corrected chi connectivity index (χ2v) is 7.95. The van der Waals surface area contributed by atoms with Crippen LogP contribution in [0.15, 0.2) is 47.5 Å². The molecule has 0 aliphatic carbocycles. The molecule has 1 atom stereocenters. The van der Waals surface area contributed by atoms with Crippen LogP contribution in [0, 0.1) is 5.41 Å². The molecule has 2 fully saturated rings. The Kier molecular flexibility index (Phi) is 4.75. The van der Waals surface area contributed by atoms with Gasteiger partial charge in [0.05, 0.1) is 12.1 Å². The Bertz CT molecular complexity index is 912. The molecule has 1 spiro atoms. The Morgan fingerprint density at radius 2 is 1.89 bits per heavy atom. The Morgan fingerprint density at radius 3 is 2.54 bits per heavy atom. The van der Waals surface area contributed by atoms with E-state index in [4.69, 9.17) is 0 Å². The summed E-state index contributed by atoms with van der Waals surface area (Å²) in [5.74, 6) is -0.109. The Labute approximate surface area is 163 Å². The van der Waals surface area contributed by atoms with Crippen LogP contribution in [0.4, 0.5) is 0 Å². The zero-order valence-corrected chi connectivity index (χ0v) is 15.9. The highest BCUT2D eigenvalue weighted by atomic mass is 16.2. The van der Waals surface area contributed by atoms with E-state index >= 15 is 0 Å². The number of H-pyrrole nitrogens is 1. The summed E-state index contributed by atoms with van der Waals surface area (Å²) in [6, 6.07) is 9.96. The Morgan fingerprint density at radius 1 is 1.18 bits per heavy atom. The minimum absolute atomic E-state index is 0.0262. The second-order valence-electron chi connectivity index (χ2n) is 7.95. The maximum atomic E-state index is 12.8. The van der Waals surface area contributed by atoms with Gasteiger partial charge in [-0.1, -0.05) is 30.3 Å². The average Bonchev–Trinajstić information content (AvgIpc) is 2.72. The predicted molar refractivity (Wildman–Crippen MR) is 104 cm³/mol. The molecule has 146 valence electrons. The van der Waals surface area contributed by atoms with Crippen LogP contribution >= 0.6 is 0 Å². The number of carbonyl (C=O) groups is 2. The van der Waals surface area contributed by atoms with E-state index < -0.39 is 0 Å². The first-order chi connectivity index (χ1) is 13.5. The minimum atomic E-state index is -0.323. The molecule has 2 aliphatic heterocycles. The van der Waals surface area contributed by atoms with Gasteiger partial charge in [-0.2, -0.15) is 0 Å². The monoisotopic (exact) mass is 380 g/mol. The Hall–Kier alpha value is -2.96. The molecular formula is C21H24N4O3. The third-order valence-corrected chi connectivity index (χ3v) is 6.09. The largest absolute Gasteiger partial charge is 0.345 e. The van der Waals surface area contributed by atoms with Gasteiger partial charge in [0, 0.05) is 32.9 Å². The number of aromatic amines is 1. The number of amides is 2. The highest BCUT2D eigenvalue weighted by Crippen LogP contribution is 2.45. The van der Waals surface area contributed by atoms with Crippen molar-refractivity contribution in [2.75, 3.05) is 26.7 Å². The molecule has 2 amide bonds. The van der Waals surface area contributed by atoms with Crippen LogP contribution in [0.2, 0.25) is 0 Å². The van der Waals surface area contributed by atoms with Crippen LogP contribution in [0.25, 0.3) is 0 Å². The zero-order chi connectivity index (χ0) is 19.7. The van der Waals surface area contributed by atoms with Gasteiger partial charge in [-0.05, 0) is 30.2 Å². The second kappa shape index (κ2) is 7.22. The third kappa shape index (κ3) is 3.44. The molecule has 7 heteroatoms. The fourth-order valence-corrected chi connectivity index (χ4v) is 4.55. The van der Waals surface area contributed by atoms with E-state index in [1.54, 1.807) is 4.90 Å². The van der Waals surface area contributed by atoms with E-state index in [0.29, 0.717) is 13.1 Å². The van der Waals surface area contributed by atoms with Gasteiger partial charge >= 0.3 is 0 Å². The number of piperidine rings is 2. The fourth-order valence-electron chi connectivity index (χ4n) is 4.55. The lowest BCUT2D eigenvalue weighted by Crippen LogP contribution is -2.53. The van der Waals surface area contributed by atoms with Gasteiger partial charge in [0.2, 0.25) is 5.91 Å². The molecule has 1 aromatic carbocycles. The van der Waals surface area contributed by atoms with Gasteiger partial charge in [-0.3, -0.25) is 14.4 Å². The van der Waals surface area contributed by atoms with Crippen LogP contribution < -0.4 is 5.56 Å². The maximum absolute atomic E-state index is 12.8. The zero-order valence-electron chi connectivity index (χ0n) is 15.9. The lowest BCUT2D eigenvalue weighted by atomic mass is 9.67. The summed E-state index contributed by atoms with van der Waals surface area (Å²) in [5, 5.41) is 0. The standard InChI is InChI=1S/C21H24N4O3/c1-24-14-21(11-16(19(24)27)15-5-3-2-4-6-15)7-9-25(10-8-21)20(28)17-12-23-18(26)13-22-17/h2-6,12-13,16H,7-11,14H2,1H3,(H,23,26). The predicted octanol–water partition coefficient (Wildman–Crippen LogP) is 1.64. The number of carbonyl (C=O) groups excluding carboxylic acids is 2. The first kappa shape index (κ1) is 18.4. The first-order valence-electron chi connectivity index (χ1n) is 9.61. The number of benzene rings is 1. The number of nitrogens with zero attached hydrogens (tertiary/aromatic N) is 3. The molecule has 0 radical (unpaired) electrons. The van der Waals surface area contributed by atoms with Crippen molar-refractivity contribution in [2.24, 2.45) is 5.41 Å². The van der Waals surface area contributed by atoms with Gasteiger partial charge in [0.25, 0.3) is 11.5 Å². The van der Waals surface area contributed by atoms with Crippen LogP contribution in [-0.2, 0) is 4.79 Å². The van der Waals surface area contributed by atoms with Crippen molar-refractivity contribution in [3.63, 3.8) is 0 Å². The number of nitrogens with one attached hydrogen (secondary N) is 1. The summed E-state index contributed by atoms with van der Waals surface area (Å²) in [5.41, 5.74) is 1.03. The molecule has 4 rings (SSSR count). The summed E-state index contributed by atoms with van der Waals surface area (Å²) in [6.07, 6.45) is 5.02. The van der Waals surface area contributed by atoms with E-state index in [2.05, 4.69) is 9.97 Å². The molecule has 28 heavy (non-hydrogen) atoms. The highest BCUT2D eigenvalue weighted by Gasteiger charge is 2.45. The number of hydrogen-bond donors (Lipinski definition) is 1. The fraction of sp³-hybridized carbons (Fsp3) is 0.429. The van der Waals surface area contributed by atoms with Gasteiger partial charge in [-0.25, -0.2) is 4.98 Å². The van der Waals surface area contributed by atoms with Crippen LogP contribution in [0.5, 0.6) is 0 Å². The summed E-state index contributed by atoms with van der Waals surface area (Å²) >= 11 is 0. The third-order valence-electron chi connectivity index (χ3n) is 6.09. The average molecular weight is 380 g/mol. The Balaban J connectivity index is 1.48. The van der Waals surface area contributed by atoms with Crippen molar-refractivity contribution in [2.45, 2.75) is 25.2 Å². The molecule has 2 saturated heterocycles. The van der Waals surface area contributed by atoms with Gasteiger partial charge in [0.1, 0.15) is 5.69 Å². The van der Waals surface area contributed by atoms with Gasteiger partial charge in [0.15, 0.2) is 0 Å². The highest BCUT2D eigenvalue weighted by molar-refractivity contribution is 5.92. The number of aromatic nitrogens is 2. The molecule has 0 saturated carbocycles. The summed E-state index contributed by atoms with van der Waals surface area (Å²) in [4.78, 5) is 46.7. The van der Waals surface area contributed by atoms with Gasteiger partial charge in [-0.15, -0.1) is 0 Å². The number of hydrogen-bond acceptors (Lipinski definition) is 4. The molecule has 7 nitrogen and oxygen atoms in total. The molecule has 1 N–H and O–H groups in total. The number of rotatable bonds is 2. The molecule has 0 bridgehead atoms. The normalized spacial score (nSPS) is 21.8. The van der Waals surface area contributed by atoms with Crippen molar-refractivity contribution in [3.05, 3.63) is 64.3 Å². The van der Waals surface area contributed by atoms with Crippen LogP contribution in [-0.4, -0.2) is 58.3 Å². The van der Waals surface area contributed by atoms with Gasteiger partial charge < -0.3 is 14.8 Å². The molecule has 3 heterocycles. The van der Waals surface area contributed by atoms with Crippen molar-refractivity contribution in [3.8, 4) is 0 Å². The lowest BCUT2D eigenvalue weighted by Gasteiger charge is -2.49. The summed E-state index contributed by atoms with van der Waals surface area (Å²) < 4.78 is 0. The maximum Gasteiger partial charge on any atom is 0.273 e. The molecule has 2 aliphatic rings. The van der Waals surface area contributed by atoms with E-state index in [1.807, 2.05) is 42.3 Å². The summed E-state index contributed by atoms with van der Waals surface area (Å²) in [7, 11) is 1.88. The molecule has 2 aromatic rings. The van der Waals surface area contributed by atoms with Crippen LogP contribution in [0.3, 0.4) is 0 Å². The molecule has 1 unspecified atom stereocenters. The van der Waals surface area contributed by atoms with Crippen molar-refractivity contribution in [1.82, 2.24) is 19.8 Å². The molecular weight excluding hydrogens is 356 g/mol. The quantitative estimate of drug-likeness (QED) is 0.858. The SMILES string of the molecule is CN1CC2(CCN(C(=O)c3c[nH]c(=O)cn3)CC2)CC(c2ccccc2)C1=O. The molecule has 1 aromatic heterocycles. The minimum Gasteiger partial charge on any atom is -0.345 e. The number of likely N-dealkylation sites (tertiary alicyclic amines) is 2. The van der Waals surface area contributed by atoms with Crippen molar-refractivity contribution in [1.29, 1.82) is 0 Å². The summed E-state index contributed by atoms with van der Waals surface area (Å²) in [6.45, 7) is 1.99. The van der Waals surface area contributed by atoms with E-state index in [0.717, 1.165) is 37.6 Å². The van der Waals surface area contributed by atoms with E-state index in [-0.39, 0.29) is 34.4 Å². The number of likely N-dealkylation sites (N-methyl/N-ethyl adjacent to an activating group) is 1. The topological polar surface area (TPSA) is 86.4 Å². The smallest absolute Gasteiger partial charge is 0.273 e.